The molecule has 0 fully saturated rings. The number of hydrogen-bond acceptors (Lipinski definition) is 9. The van der Waals surface area contributed by atoms with Gasteiger partial charge in [-0.05, 0) is 133 Å². The van der Waals surface area contributed by atoms with Gasteiger partial charge in [-0.3, -0.25) is 9.59 Å². The summed E-state index contributed by atoms with van der Waals surface area (Å²) in [7, 11) is 0. The predicted octanol–water partition coefficient (Wildman–Crippen LogP) is 8.36. The van der Waals surface area contributed by atoms with Crippen LogP contribution in [0.25, 0.3) is 0 Å². The third-order valence-electron chi connectivity index (χ3n) is 8.07. The molecule has 0 heterocycles. The van der Waals surface area contributed by atoms with Crippen molar-refractivity contribution in [1.82, 2.24) is 0 Å². The Balaban J connectivity index is 0.987. The third-order valence-corrected chi connectivity index (χ3v) is 8.07. The van der Waals surface area contributed by atoms with Crippen molar-refractivity contribution >= 4 is 47.1 Å². The second kappa shape index (κ2) is 16.7. The van der Waals surface area contributed by atoms with Crippen LogP contribution in [0, 0.1) is 0 Å². The Hall–Kier alpha value is -8.46. The molecule has 57 heavy (non-hydrogen) atoms. The average Bonchev–Trinajstić information content (AvgIpc) is 3.19. The van der Waals surface area contributed by atoms with Gasteiger partial charge in [-0.15, -0.1) is 0 Å². The lowest BCUT2D eigenvalue weighted by Gasteiger charge is -2.11. The number of carboxylic acid groups (broad SMARTS) is 4. The molecule has 6 aromatic carbocycles. The normalized spacial score (nSPS) is 10.5. The van der Waals surface area contributed by atoms with Gasteiger partial charge in [0.2, 0.25) is 0 Å². The van der Waals surface area contributed by atoms with Crippen LogP contribution in [0.3, 0.4) is 0 Å². The van der Waals surface area contributed by atoms with Crippen molar-refractivity contribution in [3.63, 3.8) is 0 Å². The average molecular weight is 769 g/mol. The molecule has 15 nitrogen and oxygen atoms in total. The Bertz CT molecular complexity index is 2340. The van der Waals surface area contributed by atoms with E-state index >= 15 is 0 Å². The number of nitrogens with one attached hydrogen (secondary N) is 2. The number of ether oxygens (including phenoxy) is 3. The molecule has 0 atom stereocenters. The number of carboxylic acids is 4. The van der Waals surface area contributed by atoms with Gasteiger partial charge in [0.25, 0.3) is 11.8 Å². The maximum absolute atomic E-state index is 12.9. The molecule has 6 rings (SSSR count). The molecule has 0 spiro atoms. The quantitative estimate of drug-likeness (QED) is 0.0612. The predicted molar refractivity (Wildman–Crippen MR) is 203 cm³/mol. The fourth-order valence-corrected chi connectivity index (χ4v) is 5.28. The summed E-state index contributed by atoms with van der Waals surface area (Å²) in [6, 6.07) is 32.5. The second-order valence-electron chi connectivity index (χ2n) is 11.9. The van der Waals surface area contributed by atoms with Crippen molar-refractivity contribution in [2.75, 3.05) is 10.6 Å². The maximum atomic E-state index is 12.9. The number of benzene rings is 6. The first-order valence-electron chi connectivity index (χ1n) is 16.6. The molecule has 15 heteroatoms. The molecule has 2 amide bonds. The van der Waals surface area contributed by atoms with Crippen LogP contribution in [0.1, 0.15) is 62.1 Å². The smallest absolute Gasteiger partial charge is 0.336 e. The highest BCUT2D eigenvalue weighted by Crippen LogP contribution is 2.28. The molecule has 0 aliphatic rings. The zero-order chi connectivity index (χ0) is 40.6. The third kappa shape index (κ3) is 9.56. The Morgan fingerprint density at radius 1 is 0.333 bits per heavy atom. The zero-order valence-electron chi connectivity index (χ0n) is 29.2. The lowest BCUT2D eigenvalue weighted by molar-refractivity contribution is 0.0651. The summed E-state index contributed by atoms with van der Waals surface area (Å²) in [5, 5.41) is 42.6. The van der Waals surface area contributed by atoms with Crippen LogP contribution in [0.5, 0.6) is 34.5 Å². The monoisotopic (exact) mass is 768 g/mol. The molecule has 0 aliphatic carbocycles. The van der Waals surface area contributed by atoms with Gasteiger partial charge >= 0.3 is 23.9 Å². The summed E-state index contributed by atoms with van der Waals surface area (Å²) in [5.74, 6) is -4.59. The molecule has 0 bridgehead atoms. The van der Waals surface area contributed by atoms with Crippen molar-refractivity contribution in [2.45, 2.75) is 0 Å². The lowest BCUT2D eigenvalue weighted by atomic mass is 10.1. The summed E-state index contributed by atoms with van der Waals surface area (Å²) in [5.41, 5.74) is 0.0301. The van der Waals surface area contributed by atoms with Crippen LogP contribution in [0.15, 0.2) is 133 Å². The standard InChI is InChI=1S/C42H28N2O13/c45-37(43-25-5-13-29(14-6-25)56-31-17-19-33(39(47)48)35(21-31)41(51)52)23-1-9-27(10-2-23)55-28-11-3-24(4-12-28)38(46)44-26-7-15-30(16-8-26)57-32-18-20-34(40(49)50)36(22-32)42(53)54/h1-22H,(H,43,45)(H,44,46)(H,47,48)(H,49,50)(H,51,52)(H,53,54). The summed E-state index contributed by atoms with van der Waals surface area (Å²) < 4.78 is 17.2. The molecule has 6 aromatic rings. The van der Waals surface area contributed by atoms with Gasteiger partial charge in [-0.1, -0.05) is 0 Å². The van der Waals surface area contributed by atoms with Crippen molar-refractivity contribution in [1.29, 1.82) is 0 Å². The van der Waals surface area contributed by atoms with E-state index in [1.807, 2.05) is 0 Å². The minimum Gasteiger partial charge on any atom is -0.478 e. The minimum absolute atomic E-state index is 0.123. The minimum atomic E-state index is -1.41. The molecule has 0 radical (unpaired) electrons. The zero-order valence-corrected chi connectivity index (χ0v) is 29.2. The summed E-state index contributed by atoms with van der Waals surface area (Å²) >= 11 is 0. The fourth-order valence-electron chi connectivity index (χ4n) is 5.28. The van der Waals surface area contributed by atoms with Gasteiger partial charge in [0.05, 0.1) is 22.3 Å². The van der Waals surface area contributed by atoms with E-state index in [0.29, 0.717) is 45.5 Å². The van der Waals surface area contributed by atoms with E-state index in [-0.39, 0.29) is 22.6 Å². The highest BCUT2D eigenvalue weighted by atomic mass is 16.5. The summed E-state index contributed by atoms with van der Waals surface area (Å²) in [4.78, 5) is 71.2. The second-order valence-corrected chi connectivity index (χ2v) is 11.9. The summed E-state index contributed by atoms with van der Waals surface area (Å²) in [6.45, 7) is 0. The topological polar surface area (TPSA) is 235 Å². The fraction of sp³-hybridized carbons (Fsp3) is 0. The number of hydrogen-bond donors (Lipinski definition) is 6. The van der Waals surface area contributed by atoms with Crippen LogP contribution in [0.2, 0.25) is 0 Å². The van der Waals surface area contributed by atoms with Crippen molar-refractivity contribution in [3.05, 3.63) is 167 Å². The van der Waals surface area contributed by atoms with E-state index in [1.54, 1.807) is 97.1 Å². The van der Waals surface area contributed by atoms with Crippen molar-refractivity contribution < 1.29 is 63.4 Å². The van der Waals surface area contributed by atoms with Crippen molar-refractivity contribution in [2.24, 2.45) is 0 Å². The number of amides is 2. The van der Waals surface area contributed by atoms with E-state index < -0.39 is 46.8 Å². The van der Waals surface area contributed by atoms with Crippen LogP contribution in [-0.2, 0) is 0 Å². The van der Waals surface area contributed by atoms with Gasteiger partial charge in [-0.25, -0.2) is 19.2 Å². The molecule has 0 aliphatic heterocycles. The first-order chi connectivity index (χ1) is 27.3. The molecule has 0 aromatic heterocycles. The van der Waals surface area contributed by atoms with Gasteiger partial charge in [-0.2, -0.15) is 0 Å². The van der Waals surface area contributed by atoms with E-state index in [9.17, 15) is 49.2 Å². The van der Waals surface area contributed by atoms with Gasteiger partial charge in [0.1, 0.15) is 34.5 Å². The molecule has 0 saturated heterocycles. The number of carbonyl (C=O) groups is 6. The highest BCUT2D eigenvalue weighted by molar-refractivity contribution is 6.05. The summed E-state index contributed by atoms with van der Waals surface area (Å²) in [6.07, 6.45) is 0. The molecular weight excluding hydrogens is 740 g/mol. The van der Waals surface area contributed by atoms with Crippen molar-refractivity contribution in [3.8, 4) is 34.5 Å². The lowest BCUT2D eigenvalue weighted by Crippen LogP contribution is -2.11. The largest absolute Gasteiger partial charge is 0.478 e. The SMILES string of the molecule is O=C(Nc1ccc(Oc2ccc(C(=O)O)c(C(=O)O)c2)cc1)c1ccc(Oc2ccc(C(=O)Nc3ccc(Oc4ccc(C(=O)O)c(C(=O)O)c4)cc3)cc2)cc1. The Kier molecular flexibility index (Phi) is 11.2. The van der Waals surface area contributed by atoms with Crippen LogP contribution >= 0.6 is 0 Å². The van der Waals surface area contributed by atoms with Crippen LogP contribution < -0.4 is 24.8 Å². The number of anilines is 2. The molecule has 284 valence electrons. The van der Waals surface area contributed by atoms with E-state index in [1.165, 1.54) is 12.1 Å². The van der Waals surface area contributed by atoms with Gasteiger partial charge in [0.15, 0.2) is 0 Å². The van der Waals surface area contributed by atoms with Gasteiger partial charge in [0, 0.05) is 22.5 Å². The maximum Gasteiger partial charge on any atom is 0.336 e. The Morgan fingerprint density at radius 2 is 0.596 bits per heavy atom. The first kappa shape index (κ1) is 38.3. The van der Waals surface area contributed by atoms with E-state index in [0.717, 1.165) is 24.3 Å². The van der Waals surface area contributed by atoms with Crippen LogP contribution in [-0.4, -0.2) is 56.1 Å². The van der Waals surface area contributed by atoms with Crippen LogP contribution in [0.4, 0.5) is 11.4 Å². The molecule has 0 saturated carbocycles. The van der Waals surface area contributed by atoms with Gasteiger partial charge < -0.3 is 45.3 Å². The molecule has 6 N–H and O–H groups in total. The number of carbonyl (C=O) groups excluding carboxylic acids is 2. The first-order valence-corrected chi connectivity index (χ1v) is 16.6. The number of rotatable bonds is 14. The van der Waals surface area contributed by atoms with E-state index in [2.05, 4.69) is 10.6 Å². The molecule has 0 unspecified atom stereocenters. The highest BCUT2D eigenvalue weighted by Gasteiger charge is 2.19. The Labute approximate surface area is 321 Å². The Morgan fingerprint density at radius 3 is 0.895 bits per heavy atom. The molecular formula is C42H28N2O13. The van der Waals surface area contributed by atoms with E-state index in [4.69, 9.17) is 14.2 Å². The number of aromatic carboxylic acids is 4.